The zero-order chi connectivity index (χ0) is 23.0. The summed E-state index contributed by atoms with van der Waals surface area (Å²) in [6.45, 7) is 4.00. The van der Waals surface area contributed by atoms with Crippen molar-refractivity contribution in [2.24, 2.45) is 7.05 Å². The molecule has 3 aromatic rings. The predicted octanol–water partition coefficient (Wildman–Crippen LogP) is 4.57. The van der Waals surface area contributed by atoms with E-state index in [9.17, 15) is 9.59 Å². The highest BCUT2D eigenvalue weighted by atomic mass is 79.9. The van der Waals surface area contributed by atoms with Gasteiger partial charge in [0.05, 0.1) is 20.3 Å². The molecule has 0 spiro atoms. The number of methoxy groups -OCH3 is 2. The molecule has 0 saturated heterocycles. The Labute approximate surface area is 190 Å². The molecule has 164 valence electrons. The lowest BCUT2D eigenvalue weighted by Crippen LogP contribution is -2.28. The summed E-state index contributed by atoms with van der Waals surface area (Å²) < 4.78 is 12.1. The number of hydrogen-bond acceptors (Lipinski definition) is 6. The molecule has 0 aliphatic carbocycles. The van der Waals surface area contributed by atoms with Gasteiger partial charge in [0, 0.05) is 11.5 Å². The topological polar surface area (TPSA) is 82.5 Å². The van der Waals surface area contributed by atoms with Crippen LogP contribution in [-0.4, -0.2) is 29.7 Å². The number of ether oxygens (including phenoxy) is 2. The van der Waals surface area contributed by atoms with Crippen LogP contribution in [0.5, 0.6) is 5.75 Å². The van der Waals surface area contributed by atoms with Gasteiger partial charge in [0.2, 0.25) is 11.7 Å². The number of nitrogens with one attached hydrogen (secondary N) is 1. The molecule has 1 N–H and O–H groups in total. The highest BCUT2D eigenvalue weighted by Gasteiger charge is 2.24. The first kappa shape index (κ1) is 24.1. The van der Waals surface area contributed by atoms with Crippen molar-refractivity contribution >= 4 is 27.8 Å². The molecule has 1 unspecified atom stereocenters. The molecule has 0 bridgehead atoms. The van der Waals surface area contributed by atoms with Crippen molar-refractivity contribution < 1.29 is 14.3 Å². The van der Waals surface area contributed by atoms with E-state index in [0.717, 1.165) is 15.6 Å². The minimum absolute atomic E-state index is 0.162. The summed E-state index contributed by atoms with van der Waals surface area (Å²) in [5.74, 6) is -0.694. The predicted molar refractivity (Wildman–Crippen MR) is 125 cm³/mol. The number of aromatic nitrogens is 2. The third-order valence-corrected chi connectivity index (χ3v) is 4.97. The van der Waals surface area contributed by atoms with Crippen molar-refractivity contribution in [1.82, 2.24) is 9.55 Å². The van der Waals surface area contributed by atoms with Crippen LogP contribution in [-0.2, 0) is 11.8 Å². The first-order chi connectivity index (χ1) is 15.0. The number of anilines is 1. The molecule has 0 radical (unpaired) electrons. The van der Waals surface area contributed by atoms with Crippen LogP contribution in [0.1, 0.15) is 41.5 Å². The van der Waals surface area contributed by atoms with Gasteiger partial charge in [0.15, 0.2) is 5.69 Å². The Hall–Kier alpha value is -3.13. The fourth-order valence-corrected chi connectivity index (χ4v) is 3.18. The van der Waals surface area contributed by atoms with E-state index in [0.29, 0.717) is 0 Å². The molecule has 8 heteroatoms. The van der Waals surface area contributed by atoms with Crippen LogP contribution in [0.3, 0.4) is 0 Å². The molecule has 1 heterocycles. The average molecular weight is 488 g/mol. The molecule has 7 nitrogen and oxygen atoms in total. The minimum atomic E-state index is -0.748. The minimum Gasteiger partial charge on any atom is -0.489 e. The van der Waals surface area contributed by atoms with Crippen LogP contribution in [0.4, 0.5) is 5.95 Å². The van der Waals surface area contributed by atoms with Gasteiger partial charge < -0.3 is 14.8 Å². The molecule has 1 atom stereocenters. The summed E-state index contributed by atoms with van der Waals surface area (Å²) in [6, 6.07) is 17.3. The Balaban J connectivity index is 0.00000166. The maximum absolute atomic E-state index is 12.7. The molecular formula is C23H26BrN3O4. The van der Waals surface area contributed by atoms with Crippen molar-refractivity contribution in [3.05, 3.63) is 86.2 Å². The second-order valence-corrected chi connectivity index (χ2v) is 7.13. The van der Waals surface area contributed by atoms with Crippen LogP contribution in [0, 0.1) is 0 Å². The number of carbonyl (C=O) groups excluding carboxylic acids is 1. The summed E-state index contributed by atoms with van der Waals surface area (Å²) in [7, 11) is 4.10. The number of nitrogens with zero attached hydrogens (tertiary/aromatic N) is 2. The SMILES string of the molecule is CC.COC(=O)c1nc(NC(c2ccccc2)c2ccc(Br)cc2)n(C)c(=O)c1OC. The largest absolute Gasteiger partial charge is 0.489 e. The molecule has 0 aliphatic rings. The molecule has 0 saturated carbocycles. The van der Waals surface area contributed by atoms with Gasteiger partial charge in [0.25, 0.3) is 5.56 Å². The Kier molecular flexibility index (Phi) is 8.81. The van der Waals surface area contributed by atoms with Crippen LogP contribution in [0.25, 0.3) is 0 Å². The van der Waals surface area contributed by atoms with Crippen LogP contribution in [0.15, 0.2) is 63.9 Å². The fourth-order valence-electron chi connectivity index (χ4n) is 2.92. The van der Waals surface area contributed by atoms with E-state index < -0.39 is 11.5 Å². The van der Waals surface area contributed by atoms with Gasteiger partial charge in [-0.2, -0.15) is 0 Å². The van der Waals surface area contributed by atoms with Crippen molar-refractivity contribution in [3.8, 4) is 5.75 Å². The van der Waals surface area contributed by atoms with Gasteiger partial charge in [0.1, 0.15) is 0 Å². The standard InChI is InChI=1S/C21H20BrN3O4.C2H6/c1-25-19(26)18(28-2)17(20(27)29-3)24-21(25)23-16(13-7-5-4-6-8-13)14-9-11-15(22)12-10-14;1-2/h4-12,16H,1-3H3,(H,23,24);1-2H3. The van der Waals surface area contributed by atoms with Crippen LogP contribution >= 0.6 is 15.9 Å². The third kappa shape index (κ3) is 5.52. The zero-order valence-corrected chi connectivity index (χ0v) is 19.8. The lowest BCUT2D eigenvalue weighted by molar-refractivity contribution is 0.0589. The highest BCUT2D eigenvalue weighted by Crippen LogP contribution is 2.27. The molecule has 3 rings (SSSR count). The maximum atomic E-state index is 12.7. The van der Waals surface area contributed by atoms with Gasteiger partial charge in [-0.15, -0.1) is 0 Å². The lowest BCUT2D eigenvalue weighted by Gasteiger charge is -2.22. The Morgan fingerprint density at radius 3 is 2.16 bits per heavy atom. The monoisotopic (exact) mass is 487 g/mol. The fraction of sp³-hybridized carbons (Fsp3) is 0.261. The number of esters is 1. The Morgan fingerprint density at radius 2 is 1.61 bits per heavy atom. The summed E-state index contributed by atoms with van der Waals surface area (Å²) in [6.07, 6.45) is 0. The smallest absolute Gasteiger partial charge is 0.360 e. The van der Waals surface area contributed by atoms with Crippen LogP contribution in [0.2, 0.25) is 0 Å². The van der Waals surface area contributed by atoms with E-state index in [1.54, 1.807) is 7.05 Å². The molecule has 2 aromatic carbocycles. The number of rotatable bonds is 6. The quantitative estimate of drug-likeness (QED) is 0.512. The lowest BCUT2D eigenvalue weighted by atomic mass is 9.99. The zero-order valence-electron chi connectivity index (χ0n) is 18.2. The van der Waals surface area contributed by atoms with Crippen molar-refractivity contribution in [2.45, 2.75) is 19.9 Å². The third-order valence-electron chi connectivity index (χ3n) is 4.44. The Morgan fingerprint density at radius 1 is 1.03 bits per heavy atom. The molecular weight excluding hydrogens is 462 g/mol. The van der Waals surface area contributed by atoms with Crippen molar-refractivity contribution in [3.63, 3.8) is 0 Å². The molecule has 0 amide bonds. The van der Waals surface area contributed by atoms with E-state index in [2.05, 4.69) is 26.2 Å². The average Bonchev–Trinajstić information content (AvgIpc) is 2.82. The van der Waals surface area contributed by atoms with Gasteiger partial charge >= 0.3 is 5.97 Å². The maximum Gasteiger partial charge on any atom is 0.360 e. The van der Waals surface area contributed by atoms with E-state index >= 15 is 0 Å². The van der Waals surface area contributed by atoms with Crippen molar-refractivity contribution in [2.75, 3.05) is 19.5 Å². The normalized spacial score (nSPS) is 11.0. The van der Waals surface area contributed by atoms with Crippen LogP contribution < -0.4 is 15.6 Å². The van der Waals surface area contributed by atoms with E-state index in [1.807, 2.05) is 68.4 Å². The molecule has 1 aromatic heterocycles. The summed E-state index contributed by atoms with van der Waals surface area (Å²) in [5.41, 5.74) is 1.26. The molecule has 31 heavy (non-hydrogen) atoms. The second-order valence-electron chi connectivity index (χ2n) is 6.21. The summed E-state index contributed by atoms with van der Waals surface area (Å²) in [4.78, 5) is 29.2. The van der Waals surface area contributed by atoms with Crippen molar-refractivity contribution in [1.29, 1.82) is 0 Å². The number of carbonyl (C=O) groups is 1. The van der Waals surface area contributed by atoms with E-state index in [1.165, 1.54) is 18.8 Å². The van der Waals surface area contributed by atoms with Gasteiger partial charge in [-0.05, 0) is 23.3 Å². The van der Waals surface area contributed by atoms with Gasteiger partial charge in [-0.3, -0.25) is 9.36 Å². The molecule has 0 fully saturated rings. The summed E-state index contributed by atoms with van der Waals surface area (Å²) >= 11 is 3.44. The van der Waals surface area contributed by atoms with Gasteiger partial charge in [-0.1, -0.05) is 72.2 Å². The Bertz CT molecular complexity index is 1070. The second kappa shape index (κ2) is 11.3. The summed E-state index contributed by atoms with van der Waals surface area (Å²) in [5, 5.41) is 3.28. The number of halogens is 1. The number of hydrogen-bond donors (Lipinski definition) is 1. The van der Waals surface area contributed by atoms with E-state index in [-0.39, 0.29) is 23.4 Å². The molecule has 0 aliphatic heterocycles. The number of benzene rings is 2. The van der Waals surface area contributed by atoms with Gasteiger partial charge in [-0.25, -0.2) is 9.78 Å². The highest BCUT2D eigenvalue weighted by molar-refractivity contribution is 9.10. The van der Waals surface area contributed by atoms with E-state index in [4.69, 9.17) is 9.47 Å². The first-order valence-corrected chi connectivity index (χ1v) is 10.6. The first-order valence-electron chi connectivity index (χ1n) is 9.76.